The Hall–Kier alpha value is -2.29. The van der Waals surface area contributed by atoms with Crippen LogP contribution in [0, 0.1) is 0 Å². The fourth-order valence-electron chi connectivity index (χ4n) is 2.20. The molecule has 0 aliphatic heterocycles. The van der Waals surface area contributed by atoms with E-state index in [1.165, 1.54) is 12.7 Å². The number of benzene rings is 2. The minimum atomic E-state index is -0.0909. The number of methoxy groups -OCH3 is 1. The first-order valence-corrected chi connectivity index (χ1v) is 6.92. The van der Waals surface area contributed by atoms with Crippen LogP contribution in [-0.4, -0.2) is 12.9 Å². The van der Waals surface area contributed by atoms with Crippen molar-refractivity contribution in [3.8, 4) is 5.75 Å². The maximum absolute atomic E-state index is 12.6. The predicted molar refractivity (Wildman–Crippen MR) is 86.0 cm³/mol. The molecule has 2 aromatic rings. The summed E-state index contributed by atoms with van der Waals surface area (Å²) in [5.74, 6) is 0.430. The number of hydrogen-bond donors (Lipinski definition) is 1. The maximum atomic E-state index is 12.6. The highest BCUT2D eigenvalue weighted by Gasteiger charge is 2.17. The lowest BCUT2D eigenvalue weighted by Gasteiger charge is -2.19. The lowest BCUT2D eigenvalue weighted by atomic mass is 9.86. The van der Waals surface area contributed by atoms with Crippen LogP contribution in [0.3, 0.4) is 0 Å². The Morgan fingerprint density at radius 2 is 1.67 bits per heavy atom. The lowest BCUT2D eigenvalue weighted by Crippen LogP contribution is -2.12. The van der Waals surface area contributed by atoms with E-state index in [0.29, 0.717) is 22.6 Å². The number of ether oxygens (including phenoxy) is 1. The van der Waals surface area contributed by atoms with Crippen LogP contribution in [0.2, 0.25) is 0 Å². The molecule has 0 radical (unpaired) electrons. The first kappa shape index (κ1) is 15.1. The zero-order valence-electron chi connectivity index (χ0n) is 12.9. The van der Waals surface area contributed by atoms with E-state index in [9.17, 15) is 4.79 Å². The zero-order chi connectivity index (χ0) is 15.6. The minimum absolute atomic E-state index is 0.0660. The van der Waals surface area contributed by atoms with Gasteiger partial charge in [-0.2, -0.15) is 0 Å². The predicted octanol–water partition coefficient (Wildman–Crippen LogP) is 3.81. The van der Waals surface area contributed by atoms with Crippen LogP contribution in [0.4, 0.5) is 5.69 Å². The molecule has 3 heteroatoms. The molecule has 0 aromatic heterocycles. The normalized spacial score (nSPS) is 11.2. The van der Waals surface area contributed by atoms with Gasteiger partial charge in [0.15, 0.2) is 5.78 Å². The number of hydrogen-bond acceptors (Lipinski definition) is 3. The van der Waals surface area contributed by atoms with Gasteiger partial charge in [-0.1, -0.05) is 51.1 Å². The highest BCUT2D eigenvalue weighted by atomic mass is 16.5. The van der Waals surface area contributed by atoms with Gasteiger partial charge in [0.1, 0.15) is 5.75 Å². The molecule has 21 heavy (non-hydrogen) atoms. The molecule has 0 saturated heterocycles. The van der Waals surface area contributed by atoms with Crippen molar-refractivity contribution in [2.45, 2.75) is 26.2 Å². The standard InChI is InChI=1S/C18H21NO2/c1-18(2,3)13-10-8-12(9-11-13)17(20)14-6-5-7-15(21-4)16(14)19/h5-11H,19H2,1-4H3. The smallest absolute Gasteiger partial charge is 0.195 e. The lowest BCUT2D eigenvalue weighted by molar-refractivity contribution is 0.103. The molecule has 0 aliphatic rings. The Kier molecular flexibility index (Phi) is 4.03. The number of para-hydroxylation sites is 1. The average Bonchev–Trinajstić information content (AvgIpc) is 2.46. The molecule has 0 saturated carbocycles. The summed E-state index contributed by atoms with van der Waals surface area (Å²) in [4.78, 5) is 12.6. The molecule has 0 atom stereocenters. The summed E-state index contributed by atoms with van der Waals surface area (Å²) in [6.45, 7) is 6.43. The molecule has 0 fully saturated rings. The number of ketones is 1. The van der Waals surface area contributed by atoms with Crippen LogP contribution < -0.4 is 10.5 Å². The summed E-state index contributed by atoms with van der Waals surface area (Å²) in [5, 5.41) is 0. The minimum Gasteiger partial charge on any atom is -0.495 e. The van der Waals surface area contributed by atoms with Gasteiger partial charge in [0, 0.05) is 11.1 Å². The van der Waals surface area contributed by atoms with Gasteiger partial charge in [0.25, 0.3) is 0 Å². The van der Waals surface area contributed by atoms with Crippen molar-refractivity contribution in [3.05, 3.63) is 59.2 Å². The van der Waals surface area contributed by atoms with Crippen LogP contribution >= 0.6 is 0 Å². The molecule has 2 N–H and O–H groups in total. The fraction of sp³-hybridized carbons (Fsp3) is 0.278. The summed E-state index contributed by atoms with van der Waals surface area (Å²) in [7, 11) is 1.54. The monoisotopic (exact) mass is 283 g/mol. The molecule has 3 nitrogen and oxygen atoms in total. The van der Waals surface area contributed by atoms with Gasteiger partial charge in [-0.25, -0.2) is 0 Å². The van der Waals surface area contributed by atoms with Crippen molar-refractivity contribution in [2.75, 3.05) is 12.8 Å². The van der Waals surface area contributed by atoms with Crippen LogP contribution in [0.5, 0.6) is 5.75 Å². The maximum Gasteiger partial charge on any atom is 0.195 e. The molecule has 0 amide bonds. The van der Waals surface area contributed by atoms with Gasteiger partial charge in [0.2, 0.25) is 0 Å². The van der Waals surface area contributed by atoms with Crippen molar-refractivity contribution >= 4 is 11.5 Å². The van der Waals surface area contributed by atoms with Crippen molar-refractivity contribution in [2.24, 2.45) is 0 Å². The summed E-state index contributed by atoms with van der Waals surface area (Å²) in [6.07, 6.45) is 0. The van der Waals surface area contributed by atoms with E-state index in [0.717, 1.165) is 0 Å². The van der Waals surface area contributed by atoms with E-state index in [4.69, 9.17) is 10.5 Å². The average molecular weight is 283 g/mol. The highest BCUT2D eigenvalue weighted by Crippen LogP contribution is 2.28. The van der Waals surface area contributed by atoms with Crippen molar-refractivity contribution < 1.29 is 9.53 Å². The first-order chi connectivity index (χ1) is 9.84. The molecule has 0 bridgehead atoms. The number of nitrogen functional groups attached to an aromatic ring is 1. The van der Waals surface area contributed by atoms with E-state index >= 15 is 0 Å². The largest absolute Gasteiger partial charge is 0.495 e. The summed E-state index contributed by atoms with van der Waals surface area (Å²) >= 11 is 0. The molecular weight excluding hydrogens is 262 g/mol. The van der Waals surface area contributed by atoms with Crippen LogP contribution in [-0.2, 0) is 5.41 Å². The molecule has 2 rings (SSSR count). The molecule has 0 spiro atoms. The van der Waals surface area contributed by atoms with E-state index in [2.05, 4.69) is 20.8 Å². The third-order valence-corrected chi connectivity index (χ3v) is 3.54. The van der Waals surface area contributed by atoms with Gasteiger partial charge >= 0.3 is 0 Å². The van der Waals surface area contributed by atoms with Gasteiger partial charge < -0.3 is 10.5 Å². The first-order valence-electron chi connectivity index (χ1n) is 6.92. The number of rotatable bonds is 3. The summed E-state index contributed by atoms with van der Waals surface area (Å²) < 4.78 is 5.16. The van der Waals surface area contributed by atoms with Gasteiger partial charge in [-0.3, -0.25) is 4.79 Å². The third-order valence-electron chi connectivity index (χ3n) is 3.54. The molecular formula is C18H21NO2. The van der Waals surface area contributed by atoms with Crippen LogP contribution in [0.25, 0.3) is 0 Å². The Bertz CT molecular complexity index is 652. The molecule has 0 heterocycles. The second kappa shape index (κ2) is 5.60. The van der Waals surface area contributed by atoms with Crippen molar-refractivity contribution in [1.82, 2.24) is 0 Å². The number of anilines is 1. The molecule has 2 aromatic carbocycles. The topological polar surface area (TPSA) is 52.3 Å². The van der Waals surface area contributed by atoms with E-state index in [1.807, 2.05) is 24.3 Å². The summed E-state index contributed by atoms with van der Waals surface area (Å²) in [5.41, 5.74) is 8.72. The fourth-order valence-corrected chi connectivity index (χ4v) is 2.20. The Balaban J connectivity index is 2.37. The van der Waals surface area contributed by atoms with E-state index in [1.54, 1.807) is 18.2 Å². The molecule has 0 aliphatic carbocycles. The second-order valence-electron chi connectivity index (χ2n) is 6.08. The van der Waals surface area contributed by atoms with E-state index in [-0.39, 0.29) is 11.2 Å². The molecule has 0 unspecified atom stereocenters. The van der Waals surface area contributed by atoms with Crippen LogP contribution in [0.1, 0.15) is 42.3 Å². The van der Waals surface area contributed by atoms with Crippen molar-refractivity contribution in [1.29, 1.82) is 0 Å². The Morgan fingerprint density at radius 3 is 2.19 bits per heavy atom. The highest BCUT2D eigenvalue weighted by molar-refractivity contribution is 6.12. The Labute approximate surface area is 125 Å². The Morgan fingerprint density at radius 1 is 1.05 bits per heavy atom. The quantitative estimate of drug-likeness (QED) is 0.688. The third kappa shape index (κ3) is 3.07. The van der Waals surface area contributed by atoms with Crippen LogP contribution in [0.15, 0.2) is 42.5 Å². The SMILES string of the molecule is COc1cccc(C(=O)c2ccc(C(C)(C)C)cc2)c1N. The number of nitrogens with two attached hydrogens (primary N) is 1. The number of carbonyl (C=O) groups is 1. The summed E-state index contributed by atoms with van der Waals surface area (Å²) in [6, 6.07) is 12.9. The van der Waals surface area contributed by atoms with Gasteiger partial charge in [-0.15, -0.1) is 0 Å². The van der Waals surface area contributed by atoms with Crippen molar-refractivity contribution in [3.63, 3.8) is 0 Å². The van der Waals surface area contributed by atoms with Gasteiger partial charge in [0.05, 0.1) is 12.8 Å². The number of carbonyl (C=O) groups excluding carboxylic acids is 1. The zero-order valence-corrected chi connectivity index (χ0v) is 12.9. The second-order valence-corrected chi connectivity index (χ2v) is 6.08. The molecule has 110 valence electrons. The van der Waals surface area contributed by atoms with E-state index < -0.39 is 0 Å². The van der Waals surface area contributed by atoms with Gasteiger partial charge in [-0.05, 0) is 23.1 Å².